The number of aryl methyl sites for hydroxylation is 1. The number of nitrogens with one attached hydrogen (secondary N) is 1. The molecule has 1 aromatic heterocycles. The Morgan fingerprint density at radius 2 is 1.94 bits per heavy atom. The van der Waals surface area contributed by atoms with E-state index in [4.69, 9.17) is 9.47 Å². The van der Waals surface area contributed by atoms with Crippen LogP contribution in [0.5, 0.6) is 0 Å². The molecule has 18 heavy (non-hydrogen) atoms. The van der Waals surface area contributed by atoms with E-state index in [1.165, 1.54) is 0 Å². The fraction of sp³-hybridized carbons (Fsp3) is 0.769. The van der Waals surface area contributed by atoms with Crippen LogP contribution >= 0.6 is 11.3 Å². The molecule has 0 aliphatic rings. The molecule has 1 heterocycles. The molecule has 0 aromatic carbocycles. The molecule has 1 unspecified atom stereocenters. The molecule has 0 radical (unpaired) electrons. The maximum absolute atomic E-state index is 5.67. The molecule has 1 N–H and O–H groups in total. The number of rotatable bonds is 9. The van der Waals surface area contributed by atoms with Crippen molar-refractivity contribution in [1.82, 2.24) is 10.3 Å². The number of likely N-dealkylation sites (N-methyl/N-ethyl adjacent to an activating group) is 1. The fourth-order valence-corrected chi connectivity index (χ4v) is 2.65. The highest BCUT2D eigenvalue weighted by atomic mass is 32.1. The molecule has 0 saturated carbocycles. The zero-order valence-corrected chi connectivity index (χ0v) is 12.5. The monoisotopic (exact) mass is 272 g/mol. The minimum absolute atomic E-state index is 0.153. The van der Waals surface area contributed by atoms with Gasteiger partial charge in [-0.15, -0.1) is 11.3 Å². The maximum Gasteiger partial charge on any atom is 0.173 e. The summed E-state index contributed by atoms with van der Waals surface area (Å²) in [7, 11) is 0. The second kappa shape index (κ2) is 8.58. The third-order valence-corrected chi connectivity index (χ3v) is 3.51. The van der Waals surface area contributed by atoms with E-state index in [0.29, 0.717) is 13.2 Å². The molecule has 0 bridgehead atoms. The average molecular weight is 272 g/mol. The van der Waals surface area contributed by atoms with Gasteiger partial charge in [-0.05, 0) is 27.3 Å². The van der Waals surface area contributed by atoms with Gasteiger partial charge in [-0.1, -0.05) is 6.92 Å². The Morgan fingerprint density at radius 1 is 1.28 bits per heavy atom. The molecular weight excluding hydrogens is 248 g/mol. The van der Waals surface area contributed by atoms with Crippen molar-refractivity contribution in [2.75, 3.05) is 19.8 Å². The summed E-state index contributed by atoms with van der Waals surface area (Å²) in [6.07, 6.45) is 0.640. The first-order valence-corrected chi connectivity index (χ1v) is 7.46. The van der Waals surface area contributed by atoms with E-state index in [9.17, 15) is 0 Å². The molecule has 1 atom stereocenters. The number of aromatic nitrogens is 1. The lowest BCUT2D eigenvalue weighted by molar-refractivity contribution is -0.153. The van der Waals surface area contributed by atoms with Gasteiger partial charge in [0.15, 0.2) is 6.29 Å². The minimum Gasteiger partial charge on any atom is -0.351 e. The molecule has 1 aromatic rings. The number of hydrogen-bond acceptors (Lipinski definition) is 5. The predicted molar refractivity (Wildman–Crippen MR) is 75.1 cm³/mol. The molecule has 0 fully saturated rings. The van der Waals surface area contributed by atoms with E-state index in [1.807, 2.05) is 20.8 Å². The lowest BCUT2D eigenvalue weighted by atomic mass is 10.2. The van der Waals surface area contributed by atoms with Crippen LogP contribution in [0.25, 0.3) is 0 Å². The predicted octanol–water partition coefficient (Wildman–Crippen LogP) is 2.37. The highest BCUT2D eigenvalue weighted by Crippen LogP contribution is 2.14. The molecule has 4 nitrogen and oxygen atoms in total. The van der Waals surface area contributed by atoms with Crippen LogP contribution in [-0.4, -0.2) is 37.1 Å². The van der Waals surface area contributed by atoms with Crippen molar-refractivity contribution >= 4 is 11.3 Å². The van der Waals surface area contributed by atoms with Gasteiger partial charge >= 0.3 is 0 Å². The van der Waals surface area contributed by atoms with Crippen molar-refractivity contribution in [1.29, 1.82) is 0 Å². The lowest BCUT2D eigenvalue weighted by Gasteiger charge is -2.26. The quantitative estimate of drug-likeness (QED) is 0.701. The molecule has 0 amide bonds. The number of ether oxygens (including phenoxy) is 2. The van der Waals surface area contributed by atoms with E-state index in [2.05, 4.69) is 22.6 Å². The van der Waals surface area contributed by atoms with Gasteiger partial charge in [-0.3, -0.25) is 0 Å². The van der Waals surface area contributed by atoms with Crippen LogP contribution in [-0.2, 0) is 15.9 Å². The maximum atomic E-state index is 5.67. The van der Waals surface area contributed by atoms with Gasteiger partial charge in [0.25, 0.3) is 0 Å². The standard InChI is InChI=1S/C13H24N2O2S/c1-5-14-11(13(16-6-2)17-7-3)8-12-15-10(4)9-18-12/h9,11,13-14H,5-8H2,1-4H3. The van der Waals surface area contributed by atoms with E-state index >= 15 is 0 Å². The van der Waals surface area contributed by atoms with E-state index in [1.54, 1.807) is 11.3 Å². The van der Waals surface area contributed by atoms with Crippen molar-refractivity contribution < 1.29 is 9.47 Å². The van der Waals surface area contributed by atoms with Crippen LogP contribution < -0.4 is 5.32 Å². The van der Waals surface area contributed by atoms with Gasteiger partial charge in [-0.25, -0.2) is 4.98 Å². The Labute approximate surface area is 114 Å². The number of hydrogen-bond donors (Lipinski definition) is 1. The highest BCUT2D eigenvalue weighted by molar-refractivity contribution is 7.09. The Hall–Kier alpha value is -0.490. The molecule has 1 rings (SSSR count). The minimum atomic E-state index is -0.204. The topological polar surface area (TPSA) is 43.4 Å². The lowest BCUT2D eigenvalue weighted by Crippen LogP contribution is -2.44. The third kappa shape index (κ3) is 5.02. The van der Waals surface area contributed by atoms with E-state index in [0.717, 1.165) is 23.7 Å². The van der Waals surface area contributed by atoms with Crippen LogP contribution in [0.15, 0.2) is 5.38 Å². The second-order valence-electron chi connectivity index (χ2n) is 4.03. The Bertz CT molecular complexity index is 325. The van der Waals surface area contributed by atoms with Gasteiger partial charge in [0.05, 0.1) is 11.0 Å². The smallest absolute Gasteiger partial charge is 0.173 e. The molecule has 0 spiro atoms. The van der Waals surface area contributed by atoms with Crippen molar-refractivity contribution in [2.24, 2.45) is 0 Å². The van der Waals surface area contributed by atoms with Crippen LogP contribution in [0.4, 0.5) is 0 Å². The summed E-state index contributed by atoms with van der Waals surface area (Å²) in [5, 5.41) is 6.63. The van der Waals surface area contributed by atoms with Gasteiger partial charge in [-0.2, -0.15) is 0 Å². The summed E-state index contributed by atoms with van der Waals surface area (Å²) in [6.45, 7) is 10.3. The van der Waals surface area contributed by atoms with Crippen molar-refractivity contribution in [3.05, 3.63) is 16.1 Å². The van der Waals surface area contributed by atoms with Gasteiger partial charge < -0.3 is 14.8 Å². The van der Waals surface area contributed by atoms with Crippen molar-refractivity contribution in [3.8, 4) is 0 Å². The summed E-state index contributed by atoms with van der Waals surface area (Å²) >= 11 is 1.70. The molecular formula is C13H24N2O2S. The van der Waals surface area contributed by atoms with Crippen molar-refractivity contribution in [2.45, 2.75) is 46.4 Å². The largest absolute Gasteiger partial charge is 0.351 e. The number of thiazole rings is 1. The molecule has 0 aliphatic heterocycles. The van der Waals surface area contributed by atoms with Crippen LogP contribution in [0, 0.1) is 6.92 Å². The summed E-state index contributed by atoms with van der Waals surface area (Å²) in [6, 6.07) is 0.153. The summed E-state index contributed by atoms with van der Waals surface area (Å²) in [5.74, 6) is 0. The summed E-state index contributed by atoms with van der Waals surface area (Å²) < 4.78 is 11.3. The fourth-order valence-electron chi connectivity index (χ4n) is 1.82. The first kappa shape index (κ1) is 15.6. The van der Waals surface area contributed by atoms with E-state index < -0.39 is 0 Å². The molecule has 0 aliphatic carbocycles. The average Bonchev–Trinajstić information content (AvgIpc) is 2.74. The SMILES string of the molecule is CCNC(Cc1nc(C)cs1)C(OCC)OCC. The van der Waals surface area contributed by atoms with Crippen LogP contribution in [0.3, 0.4) is 0 Å². The van der Waals surface area contributed by atoms with Crippen LogP contribution in [0.2, 0.25) is 0 Å². The molecule has 5 heteroatoms. The first-order valence-electron chi connectivity index (χ1n) is 6.58. The first-order chi connectivity index (χ1) is 8.71. The van der Waals surface area contributed by atoms with Crippen LogP contribution in [0.1, 0.15) is 31.5 Å². The molecule has 0 saturated heterocycles. The third-order valence-electron chi connectivity index (χ3n) is 2.52. The second-order valence-corrected chi connectivity index (χ2v) is 4.97. The Kier molecular flexibility index (Phi) is 7.42. The highest BCUT2D eigenvalue weighted by Gasteiger charge is 2.22. The van der Waals surface area contributed by atoms with Gasteiger partial charge in [0.2, 0.25) is 0 Å². The zero-order chi connectivity index (χ0) is 13.4. The Balaban J connectivity index is 2.66. The summed E-state index contributed by atoms with van der Waals surface area (Å²) in [4.78, 5) is 4.50. The normalized spacial score (nSPS) is 13.2. The number of nitrogens with zero attached hydrogens (tertiary/aromatic N) is 1. The van der Waals surface area contributed by atoms with E-state index in [-0.39, 0.29) is 12.3 Å². The Morgan fingerprint density at radius 3 is 2.39 bits per heavy atom. The summed E-state index contributed by atoms with van der Waals surface area (Å²) in [5.41, 5.74) is 1.08. The molecule has 104 valence electrons. The zero-order valence-electron chi connectivity index (χ0n) is 11.7. The van der Waals surface area contributed by atoms with Gasteiger partial charge in [0, 0.05) is 30.7 Å². The van der Waals surface area contributed by atoms with Crippen molar-refractivity contribution in [3.63, 3.8) is 0 Å². The van der Waals surface area contributed by atoms with Gasteiger partial charge in [0.1, 0.15) is 0 Å².